The molecule has 0 amide bonds. The minimum atomic E-state index is -0.367. The highest BCUT2D eigenvalue weighted by Gasteiger charge is 2.23. The zero-order chi connectivity index (χ0) is 20.1. The van der Waals surface area contributed by atoms with Crippen LogP contribution in [0.5, 0.6) is 11.5 Å². The summed E-state index contributed by atoms with van der Waals surface area (Å²) in [5.74, 6) is 2.76. The van der Waals surface area contributed by atoms with E-state index in [-0.39, 0.29) is 12.0 Å². The van der Waals surface area contributed by atoms with Crippen LogP contribution < -0.4 is 21.1 Å². The van der Waals surface area contributed by atoms with Crippen molar-refractivity contribution in [1.29, 1.82) is 0 Å². The minimum Gasteiger partial charge on any atom is -0.457 e. The molecule has 2 heterocycles. The van der Waals surface area contributed by atoms with Crippen molar-refractivity contribution >= 4 is 11.6 Å². The third-order valence-electron chi connectivity index (χ3n) is 5.12. The van der Waals surface area contributed by atoms with Gasteiger partial charge in [-0.15, -0.1) is 0 Å². The molecule has 2 unspecified atom stereocenters. The molecule has 29 heavy (non-hydrogen) atoms. The van der Waals surface area contributed by atoms with Crippen LogP contribution in [-0.2, 0) is 0 Å². The second kappa shape index (κ2) is 8.89. The molecule has 1 aliphatic heterocycles. The van der Waals surface area contributed by atoms with Gasteiger partial charge in [-0.25, -0.2) is 9.97 Å². The van der Waals surface area contributed by atoms with Crippen molar-refractivity contribution in [2.45, 2.75) is 12.5 Å². The van der Waals surface area contributed by atoms with E-state index in [2.05, 4.69) is 20.6 Å². The Morgan fingerprint density at radius 3 is 2.59 bits per heavy atom. The number of nitrogens with one attached hydrogen (secondary N) is 2. The first-order valence-corrected chi connectivity index (χ1v) is 9.77. The Kier molecular flexibility index (Phi) is 5.88. The fraction of sp³-hybridized carbons (Fsp3) is 0.273. The van der Waals surface area contributed by atoms with Crippen LogP contribution in [0.3, 0.4) is 0 Å². The number of aliphatic hydroxyl groups is 1. The van der Waals surface area contributed by atoms with E-state index < -0.39 is 0 Å². The van der Waals surface area contributed by atoms with E-state index in [4.69, 9.17) is 10.5 Å². The van der Waals surface area contributed by atoms with E-state index in [1.165, 1.54) is 6.33 Å². The maximum absolute atomic E-state index is 10.2. The first-order chi connectivity index (χ1) is 14.2. The van der Waals surface area contributed by atoms with Crippen LogP contribution in [0.1, 0.15) is 6.42 Å². The highest BCUT2D eigenvalue weighted by Crippen LogP contribution is 2.33. The summed E-state index contributed by atoms with van der Waals surface area (Å²) in [5.41, 5.74) is 7.82. The number of aliphatic hydroxyl groups excluding tert-OH is 1. The van der Waals surface area contributed by atoms with Gasteiger partial charge in [-0.3, -0.25) is 0 Å². The lowest BCUT2D eigenvalue weighted by molar-refractivity contribution is 0.0883. The number of β-amino-alcohol motifs (C(OH)–C–C–N with tert-alkyl or cyclic N) is 1. The van der Waals surface area contributed by atoms with E-state index in [1.807, 2.05) is 54.6 Å². The second-order valence-electron chi connectivity index (χ2n) is 7.12. The van der Waals surface area contributed by atoms with Crippen LogP contribution in [0.2, 0.25) is 0 Å². The molecule has 0 aliphatic carbocycles. The molecule has 7 heteroatoms. The topological polar surface area (TPSA) is 105 Å². The lowest BCUT2D eigenvalue weighted by Crippen LogP contribution is -2.43. The number of nitrogen functional groups attached to an aromatic ring is 1. The van der Waals surface area contributed by atoms with Crippen molar-refractivity contribution in [3.05, 3.63) is 60.9 Å². The second-order valence-corrected chi connectivity index (χ2v) is 7.12. The normalized spacial score (nSPS) is 18.9. The fourth-order valence-electron chi connectivity index (χ4n) is 3.49. The Bertz CT molecular complexity index is 934. The van der Waals surface area contributed by atoms with Crippen LogP contribution in [0.25, 0.3) is 11.1 Å². The maximum Gasteiger partial charge on any atom is 0.139 e. The molecule has 2 aromatic carbocycles. The zero-order valence-corrected chi connectivity index (χ0v) is 16.1. The summed E-state index contributed by atoms with van der Waals surface area (Å²) in [4.78, 5) is 8.54. The molecule has 1 fully saturated rings. The van der Waals surface area contributed by atoms with Gasteiger partial charge >= 0.3 is 0 Å². The van der Waals surface area contributed by atoms with Crippen molar-refractivity contribution in [1.82, 2.24) is 15.3 Å². The van der Waals surface area contributed by atoms with E-state index >= 15 is 0 Å². The highest BCUT2D eigenvalue weighted by molar-refractivity contribution is 5.83. The van der Waals surface area contributed by atoms with Crippen molar-refractivity contribution in [2.24, 2.45) is 5.92 Å². The fourth-order valence-corrected chi connectivity index (χ4v) is 3.49. The van der Waals surface area contributed by atoms with Crippen molar-refractivity contribution < 1.29 is 9.84 Å². The number of hydrogen-bond donors (Lipinski definition) is 4. The molecule has 1 saturated heterocycles. The van der Waals surface area contributed by atoms with Crippen LogP contribution >= 0.6 is 0 Å². The monoisotopic (exact) mass is 391 g/mol. The first kappa shape index (κ1) is 19.2. The third-order valence-corrected chi connectivity index (χ3v) is 5.12. The standard InChI is InChI=1S/C22H25N5O2/c23-21-20(15-6-8-18(9-7-15)29-17-4-2-1-3-5-17)22(27-14-26-21)25-12-16-10-11-24-13-19(16)28/h1-9,14,16,19,24,28H,10-13H2,(H3,23,25,26,27). The summed E-state index contributed by atoms with van der Waals surface area (Å²) in [5, 5.41) is 16.7. The van der Waals surface area contributed by atoms with Gasteiger partial charge in [0.1, 0.15) is 29.5 Å². The lowest BCUT2D eigenvalue weighted by atomic mass is 9.95. The minimum absolute atomic E-state index is 0.168. The number of benzene rings is 2. The number of para-hydroxylation sites is 1. The average Bonchev–Trinajstić information content (AvgIpc) is 2.75. The molecule has 3 aromatic rings. The Balaban J connectivity index is 1.51. The van der Waals surface area contributed by atoms with Gasteiger partial charge in [-0.05, 0) is 42.8 Å². The van der Waals surface area contributed by atoms with Gasteiger partial charge in [0.05, 0.1) is 11.7 Å². The molecule has 0 radical (unpaired) electrons. The average molecular weight is 391 g/mol. The Hall–Kier alpha value is -3.16. The smallest absolute Gasteiger partial charge is 0.139 e. The van der Waals surface area contributed by atoms with E-state index in [9.17, 15) is 5.11 Å². The number of aromatic nitrogens is 2. The molecular weight excluding hydrogens is 366 g/mol. The summed E-state index contributed by atoms with van der Waals surface area (Å²) in [6.07, 6.45) is 2.00. The highest BCUT2D eigenvalue weighted by atomic mass is 16.5. The van der Waals surface area contributed by atoms with Crippen LogP contribution in [-0.4, -0.2) is 40.8 Å². The van der Waals surface area contributed by atoms with Crippen LogP contribution in [0.4, 0.5) is 11.6 Å². The molecule has 0 bridgehead atoms. The van der Waals surface area contributed by atoms with Gasteiger partial charge in [0.15, 0.2) is 0 Å². The number of anilines is 2. The Morgan fingerprint density at radius 2 is 1.83 bits per heavy atom. The SMILES string of the molecule is Nc1ncnc(NCC2CCNCC2O)c1-c1ccc(Oc2ccccc2)cc1. The van der Waals surface area contributed by atoms with Gasteiger partial charge in [-0.2, -0.15) is 0 Å². The number of nitrogens with zero attached hydrogens (tertiary/aromatic N) is 2. The zero-order valence-electron chi connectivity index (χ0n) is 16.1. The van der Waals surface area contributed by atoms with E-state index in [0.717, 1.165) is 35.6 Å². The van der Waals surface area contributed by atoms with E-state index in [1.54, 1.807) is 0 Å². The van der Waals surface area contributed by atoms with Gasteiger partial charge in [0.25, 0.3) is 0 Å². The molecule has 7 nitrogen and oxygen atoms in total. The summed E-state index contributed by atoms with van der Waals surface area (Å²) in [6, 6.07) is 17.3. The summed E-state index contributed by atoms with van der Waals surface area (Å²) < 4.78 is 5.86. The molecule has 2 atom stereocenters. The quantitative estimate of drug-likeness (QED) is 0.512. The van der Waals surface area contributed by atoms with Crippen LogP contribution in [0.15, 0.2) is 60.9 Å². The molecule has 0 spiro atoms. The number of piperidine rings is 1. The van der Waals surface area contributed by atoms with Gasteiger partial charge < -0.3 is 26.2 Å². The van der Waals surface area contributed by atoms with Crippen molar-refractivity contribution in [3.63, 3.8) is 0 Å². The van der Waals surface area contributed by atoms with Crippen LogP contribution in [0, 0.1) is 5.92 Å². The molecule has 150 valence electrons. The number of hydrogen-bond acceptors (Lipinski definition) is 7. The molecule has 4 rings (SSSR count). The summed E-state index contributed by atoms with van der Waals surface area (Å²) in [7, 11) is 0. The summed E-state index contributed by atoms with van der Waals surface area (Å²) >= 11 is 0. The predicted octanol–water partition coefficient (Wildman–Crippen LogP) is 2.90. The van der Waals surface area contributed by atoms with Gasteiger partial charge in [0, 0.05) is 19.0 Å². The molecular formula is C22H25N5O2. The van der Waals surface area contributed by atoms with Gasteiger partial charge in [-0.1, -0.05) is 30.3 Å². The number of ether oxygens (including phenoxy) is 1. The van der Waals surface area contributed by atoms with Gasteiger partial charge in [0.2, 0.25) is 0 Å². The maximum atomic E-state index is 10.2. The first-order valence-electron chi connectivity index (χ1n) is 9.77. The number of rotatable bonds is 6. The largest absolute Gasteiger partial charge is 0.457 e. The van der Waals surface area contributed by atoms with E-state index in [0.29, 0.717) is 24.7 Å². The molecule has 1 aliphatic rings. The van der Waals surface area contributed by atoms with Crippen molar-refractivity contribution in [2.75, 3.05) is 30.7 Å². The molecule has 5 N–H and O–H groups in total. The predicted molar refractivity (Wildman–Crippen MR) is 114 cm³/mol. The molecule has 0 saturated carbocycles. The Morgan fingerprint density at radius 1 is 1.07 bits per heavy atom. The number of nitrogens with two attached hydrogens (primary N) is 1. The Labute approximate surface area is 170 Å². The van der Waals surface area contributed by atoms with Crippen molar-refractivity contribution in [3.8, 4) is 22.6 Å². The lowest BCUT2D eigenvalue weighted by Gasteiger charge is -2.28. The third kappa shape index (κ3) is 4.64. The summed E-state index contributed by atoms with van der Waals surface area (Å²) in [6.45, 7) is 2.15. The molecule has 1 aromatic heterocycles.